The predicted octanol–water partition coefficient (Wildman–Crippen LogP) is 2.67. The lowest BCUT2D eigenvalue weighted by atomic mass is 10.2. The number of aromatic amines is 1. The van der Waals surface area contributed by atoms with Crippen molar-refractivity contribution in [1.29, 1.82) is 0 Å². The van der Waals surface area contributed by atoms with Crippen molar-refractivity contribution >= 4 is 22.6 Å². The highest BCUT2D eigenvalue weighted by Crippen LogP contribution is 2.30. The molecule has 3 rings (SSSR count). The summed E-state index contributed by atoms with van der Waals surface area (Å²) < 4.78 is 0. The predicted molar refractivity (Wildman–Crippen MR) is 62.1 cm³/mol. The van der Waals surface area contributed by atoms with Crippen LogP contribution in [0.2, 0.25) is 5.02 Å². The van der Waals surface area contributed by atoms with Crippen LogP contribution in [0.4, 0.5) is 0 Å². The maximum Gasteiger partial charge on any atom is 0.161 e. The van der Waals surface area contributed by atoms with Crippen molar-refractivity contribution in [2.24, 2.45) is 0 Å². The Morgan fingerprint density at radius 2 is 1.88 bits per heavy atom. The second-order valence-electron chi connectivity index (χ2n) is 3.29. The molecule has 0 radical (unpaired) electrons. The fourth-order valence-electron chi connectivity index (χ4n) is 1.63. The topological polar surface area (TPSA) is 54.5 Å². The third-order valence-corrected chi connectivity index (χ3v) is 2.64. The van der Waals surface area contributed by atoms with E-state index in [0.717, 1.165) is 16.6 Å². The lowest BCUT2D eigenvalue weighted by Crippen LogP contribution is -1.85. The summed E-state index contributed by atoms with van der Waals surface area (Å²) in [7, 11) is 0. The number of fused-ring (bicyclic) bond motifs is 1. The number of rotatable bonds is 1. The monoisotopic (exact) mass is 230 g/mol. The second-order valence-corrected chi connectivity index (χ2v) is 3.70. The molecule has 0 saturated carbocycles. The molecule has 0 aliphatic rings. The first-order chi connectivity index (χ1) is 7.86. The maximum atomic E-state index is 6.14. The van der Waals surface area contributed by atoms with E-state index >= 15 is 0 Å². The Labute approximate surface area is 96.3 Å². The van der Waals surface area contributed by atoms with Crippen molar-refractivity contribution in [3.8, 4) is 11.4 Å². The van der Waals surface area contributed by atoms with Gasteiger partial charge in [-0.2, -0.15) is 0 Å². The van der Waals surface area contributed by atoms with Crippen LogP contribution in [0.25, 0.3) is 22.4 Å². The first kappa shape index (κ1) is 9.30. The second kappa shape index (κ2) is 3.57. The van der Waals surface area contributed by atoms with E-state index in [1.54, 1.807) is 30.7 Å². The highest BCUT2D eigenvalue weighted by molar-refractivity contribution is 6.36. The van der Waals surface area contributed by atoms with Gasteiger partial charge < -0.3 is 4.98 Å². The Morgan fingerprint density at radius 3 is 2.69 bits per heavy atom. The van der Waals surface area contributed by atoms with E-state index < -0.39 is 0 Å². The first-order valence-corrected chi connectivity index (χ1v) is 5.13. The van der Waals surface area contributed by atoms with Gasteiger partial charge in [0.1, 0.15) is 5.65 Å². The van der Waals surface area contributed by atoms with Gasteiger partial charge in [0.05, 0.1) is 5.02 Å². The van der Waals surface area contributed by atoms with E-state index in [1.165, 1.54) is 0 Å². The van der Waals surface area contributed by atoms with Crippen LogP contribution >= 0.6 is 11.6 Å². The van der Waals surface area contributed by atoms with Crippen LogP contribution in [-0.4, -0.2) is 19.9 Å². The molecule has 0 atom stereocenters. The van der Waals surface area contributed by atoms with Gasteiger partial charge in [-0.15, -0.1) is 0 Å². The van der Waals surface area contributed by atoms with E-state index in [4.69, 9.17) is 11.6 Å². The van der Waals surface area contributed by atoms with E-state index in [2.05, 4.69) is 19.9 Å². The Morgan fingerprint density at radius 1 is 1.06 bits per heavy atom. The van der Waals surface area contributed by atoms with Gasteiger partial charge in [-0.05, 0) is 12.1 Å². The van der Waals surface area contributed by atoms with Gasteiger partial charge in [0.25, 0.3) is 0 Å². The third-order valence-electron chi connectivity index (χ3n) is 2.33. The van der Waals surface area contributed by atoms with Crippen molar-refractivity contribution in [3.05, 3.63) is 41.9 Å². The largest absolute Gasteiger partial charge is 0.345 e. The lowest BCUT2D eigenvalue weighted by Gasteiger charge is -1.98. The van der Waals surface area contributed by atoms with Crippen LogP contribution in [0.5, 0.6) is 0 Å². The average molecular weight is 231 g/mol. The van der Waals surface area contributed by atoms with Crippen LogP contribution < -0.4 is 0 Å². The summed E-state index contributed by atoms with van der Waals surface area (Å²) in [4.78, 5) is 15.6. The van der Waals surface area contributed by atoms with Crippen molar-refractivity contribution in [1.82, 2.24) is 19.9 Å². The summed E-state index contributed by atoms with van der Waals surface area (Å²) >= 11 is 6.14. The zero-order valence-electron chi connectivity index (χ0n) is 8.18. The Balaban J connectivity index is 2.33. The summed E-state index contributed by atoms with van der Waals surface area (Å²) in [5.41, 5.74) is 1.61. The van der Waals surface area contributed by atoms with Gasteiger partial charge in [0, 0.05) is 35.7 Å². The molecular weight excluding hydrogens is 224 g/mol. The van der Waals surface area contributed by atoms with Crippen LogP contribution in [0, 0.1) is 0 Å². The summed E-state index contributed by atoms with van der Waals surface area (Å²) in [6.45, 7) is 0. The number of pyridine rings is 1. The molecule has 3 aromatic rings. The van der Waals surface area contributed by atoms with Gasteiger partial charge in [0.2, 0.25) is 0 Å². The number of hydrogen-bond acceptors (Lipinski definition) is 3. The normalized spacial score (nSPS) is 10.8. The molecule has 3 heterocycles. The molecule has 5 heteroatoms. The molecule has 0 saturated heterocycles. The molecule has 0 spiro atoms. The molecule has 3 aromatic heterocycles. The van der Waals surface area contributed by atoms with Gasteiger partial charge >= 0.3 is 0 Å². The smallest absolute Gasteiger partial charge is 0.161 e. The Hall–Kier alpha value is -1.94. The van der Waals surface area contributed by atoms with Crippen LogP contribution in [0.1, 0.15) is 0 Å². The van der Waals surface area contributed by atoms with Crippen LogP contribution in [-0.2, 0) is 0 Å². The lowest BCUT2D eigenvalue weighted by molar-refractivity contribution is 1.18. The van der Waals surface area contributed by atoms with E-state index in [0.29, 0.717) is 10.8 Å². The fourth-order valence-corrected chi connectivity index (χ4v) is 1.88. The Kier molecular flexibility index (Phi) is 2.08. The Bertz CT molecular complexity index is 633. The van der Waals surface area contributed by atoms with E-state index in [-0.39, 0.29) is 0 Å². The van der Waals surface area contributed by atoms with Gasteiger partial charge in [-0.3, -0.25) is 0 Å². The van der Waals surface area contributed by atoms with Crippen LogP contribution in [0.3, 0.4) is 0 Å². The standard InChI is InChI=1S/C11H7ClN4/c12-8-2-5-15-11-9(8)7(6-16-11)10-13-3-1-4-14-10/h1-6H,(H,15,16). The van der Waals surface area contributed by atoms with E-state index in [1.807, 2.05) is 6.20 Å². The SMILES string of the molecule is Clc1ccnc2[nH]cc(-c3ncccn3)c12. The summed E-state index contributed by atoms with van der Waals surface area (Å²) in [5.74, 6) is 0.642. The zero-order valence-corrected chi connectivity index (χ0v) is 8.94. The van der Waals surface area contributed by atoms with Gasteiger partial charge in [0.15, 0.2) is 5.82 Å². The number of aromatic nitrogens is 4. The number of H-pyrrole nitrogens is 1. The van der Waals surface area contributed by atoms with Crippen molar-refractivity contribution in [2.45, 2.75) is 0 Å². The minimum atomic E-state index is 0.642. The van der Waals surface area contributed by atoms with Crippen molar-refractivity contribution < 1.29 is 0 Å². The molecule has 0 bridgehead atoms. The molecule has 4 nitrogen and oxygen atoms in total. The molecule has 1 N–H and O–H groups in total. The highest BCUT2D eigenvalue weighted by Gasteiger charge is 2.11. The molecule has 0 fully saturated rings. The first-order valence-electron chi connectivity index (χ1n) is 4.75. The van der Waals surface area contributed by atoms with Crippen molar-refractivity contribution in [2.75, 3.05) is 0 Å². The number of nitrogens with one attached hydrogen (secondary N) is 1. The number of nitrogens with zero attached hydrogens (tertiary/aromatic N) is 3. The molecule has 0 aliphatic carbocycles. The molecular formula is C11H7ClN4. The van der Waals surface area contributed by atoms with Crippen LogP contribution in [0.15, 0.2) is 36.9 Å². The quantitative estimate of drug-likeness (QED) is 0.699. The van der Waals surface area contributed by atoms with Crippen molar-refractivity contribution in [3.63, 3.8) is 0 Å². The summed E-state index contributed by atoms with van der Waals surface area (Å²) in [6.07, 6.45) is 6.88. The highest BCUT2D eigenvalue weighted by atomic mass is 35.5. The fraction of sp³-hybridized carbons (Fsp3) is 0. The number of halogens is 1. The van der Waals surface area contributed by atoms with Gasteiger partial charge in [-0.25, -0.2) is 15.0 Å². The van der Waals surface area contributed by atoms with E-state index in [9.17, 15) is 0 Å². The summed E-state index contributed by atoms with van der Waals surface area (Å²) in [5, 5.41) is 1.50. The van der Waals surface area contributed by atoms with Gasteiger partial charge in [-0.1, -0.05) is 11.6 Å². The maximum absolute atomic E-state index is 6.14. The molecule has 0 aliphatic heterocycles. The molecule has 0 aromatic carbocycles. The molecule has 78 valence electrons. The molecule has 0 unspecified atom stereocenters. The molecule has 0 amide bonds. The number of hydrogen-bond donors (Lipinski definition) is 1. The average Bonchev–Trinajstić information content (AvgIpc) is 2.75. The zero-order chi connectivity index (χ0) is 11.0. The molecule has 16 heavy (non-hydrogen) atoms. The summed E-state index contributed by atoms with van der Waals surface area (Å²) in [6, 6.07) is 3.53. The minimum Gasteiger partial charge on any atom is -0.345 e. The third kappa shape index (κ3) is 1.35. The minimum absolute atomic E-state index is 0.642.